The van der Waals surface area contributed by atoms with Crippen molar-refractivity contribution in [1.82, 2.24) is 14.7 Å². The highest BCUT2D eigenvalue weighted by Gasteiger charge is 2.27. The second-order valence-electron chi connectivity index (χ2n) is 7.18. The fourth-order valence-electron chi connectivity index (χ4n) is 3.47. The third kappa shape index (κ3) is 6.16. The number of benzene rings is 1. The third-order valence-electron chi connectivity index (χ3n) is 4.78. The van der Waals surface area contributed by atoms with Crippen LogP contribution in [0.1, 0.15) is 38.2 Å². The summed E-state index contributed by atoms with van der Waals surface area (Å²) in [4.78, 5) is 30.6. The van der Waals surface area contributed by atoms with Crippen molar-refractivity contribution in [3.05, 3.63) is 35.9 Å². The number of hydrogen-bond acceptors (Lipinski definition) is 3. The zero-order chi connectivity index (χ0) is 18.2. The first-order chi connectivity index (χ1) is 12.0. The molecule has 1 fully saturated rings. The molecule has 0 aliphatic carbocycles. The van der Waals surface area contributed by atoms with Crippen LogP contribution in [-0.4, -0.2) is 66.3 Å². The Labute approximate surface area is 151 Å². The molecule has 5 heteroatoms. The van der Waals surface area contributed by atoms with Gasteiger partial charge in [0.25, 0.3) is 0 Å². The quantitative estimate of drug-likeness (QED) is 0.762. The maximum Gasteiger partial charge on any atom is 0.224 e. The zero-order valence-corrected chi connectivity index (χ0v) is 15.8. The number of likely N-dealkylation sites (N-methyl/N-ethyl adjacent to an activating group) is 1. The summed E-state index contributed by atoms with van der Waals surface area (Å²) in [6, 6.07) is 10.2. The minimum atomic E-state index is 0.0140. The van der Waals surface area contributed by atoms with Gasteiger partial charge in [0, 0.05) is 45.6 Å². The van der Waals surface area contributed by atoms with Crippen LogP contribution in [0.3, 0.4) is 0 Å². The molecule has 5 nitrogen and oxygen atoms in total. The van der Waals surface area contributed by atoms with Crippen LogP contribution in [0.4, 0.5) is 0 Å². The van der Waals surface area contributed by atoms with Gasteiger partial charge >= 0.3 is 0 Å². The number of piperidine rings is 1. The summed E-state index contributed by atoms with van der Waals surface area (Å²) >= 11 is 0. The first kappa shape index (κ1) is 19.4. The van der Waals surface area contributed by atoms with Crippen LogP contribution in [0.2, 0.25) is 0 Å². The molecule has 0 radical (unpaired) electrons. The predicted octanol–water partition coefficient (Wildman–Crippen LogP) is 2.37. The number of rotatable bonds is 7. The smallest absolute Gasteiger partial charge is 0.224 e. The summed E-state index contributed by atoms with van der Waals surface area (Å²) < 4.78 is 0. The van der Waals surface area contributed by atoms with Gasteiger partial charge in [0.1, 0.15) is 0 Å². The van der Waals surface area contributed by atoms with Gasteiger partial charge in [-0.2, -0.15) is 0 Å². The molecule has 1 aliphatic heterocycles. The average molecular weight is 345 g/mol. The zero-order valence-electron chi connectivity index (χ0n) is 15.8. The lowest BCUT2D eigenvalue weighted by Crippen LogP contribution is -2.49. The van der Waals surface area contributed by atoms with Gasteiger partial charge in [0.15, 0.2) is 0 Å². The molecule has 1 atom stereocenters. The van der Waals surface area contributed by atoms with Crippen molar-refractivity contribution >= 4 is 11.8 Å². The van der Waals surface area contributed by atoms with E-state index in [0.29, 0.717) is 25.6 Å². The molecule has 1 heterocycles. The van der Waals surface area contributed by atoms with Crippen molar-refractivity contribution in [3.63, 3.8) is 0 Å². The topological polar surface area (TPSA) is 43.9 Å². The van der Waals surface area contributed by atoms with E-state index < -0.39 is 0 Å². The van der Waals surface area contributed by atoms with Gasteiger partial charge in [-0.15, -0.1) is 0 Å². The number of carbonyl (C=O) groups is 2. The number of amides is 2. The Bertz CT molecular complexity index is 559. The Balaban J connectivity index is 1.92. The van der Waals surface area contributed by atoms with Crippen LogP contribution < -0.4 is 0 Å². The van der Waals surface area contributed by atoms with Crippen molar-refractivity contribution < 1.29 is 9.59 Å². The van der Waals surface area contributed by atoms with Crippen molar-refractivity contribution in [2.45, 2.75) is 45.2 Å². The maximum atomic E-state index is 12.7. The number of carbonyl (C=O) groups excluding carboxylic acids is 2. The number of likely N-dealkylation sites (tertiary alicyclic amines) is 1. The first-order valence-electron chi connectivity index (χ1n) is 9.21. The number of nitrogens with zero attached hydrogens (tertiary/aromatic N) is 3. The van der Waals surface area contributed by atoms with E-state index in [0.717, 1.165) is 31.5 Å². The molecule has 0 saturated carbocycles. The minimum absolute atomic E-state index is 0.0140. The molecule has 0 aromatic heterocycles. The molecular formula is C20H31N3O2. The highest BCUT2D eigenvalue weighted by Crippen LogP contribution is 2.19. The van der Waals surface area contributed by atoms with E-state index >= 15 is 0 Å². The standard InChI is InChI=1S/C20H31N3O2/c1-17(24)22(15-18-9-5-4-6-10-18)14-12-20(25)23-13-8-7-11-19(23)16-21(2)3/h4-6,9-10,19H,7-8,11-16H2,1-3H3/t19-/m1/s1. The van der Waals surface area contributed by atoms with Crippen molar-refractivity contribution in [2.24, 2.45) is 0 Å². The normalized spacial score (nSPS) is 17.6. The van der Waals surface area contributed by atoms with Crippen LogP contribution in [0, 0.1) is 0 Å². The van der Waals surface area contributed by atoms with Crippen molar-refractivity contribution in [3.8, 4) is 0 Å². The SMILES string of the molecule is CC(=O)N(CCC(=O)N1CCCC[C@@H]1CN(C)C)Cc1ccccc1. The van der Waals surface area contributed by atoms with Gasteiger partial charge in [0.2, 0.25) is 11.8 Å². The van der Waals surface area contributed by atoms with E-state index in [2.05, 4.69) is 19.0 Å². The summed E-state index contributed by atoms with van der Waals surface area (Å²) in [7, 11) is 4.10. The molecule has 1 aromatic rings. The third-order valence-corrected chi connectivity index (χ3v) is 4.78. The highest BCUT2D eigenvalue weighted by atomic mass is 16.2. The average Bonchev–Trinajstić information content (AvgIpc) is 2.59. The summed E-state index contributed by atoms with van der Waals surface area (Å²) in [5.41, 5.74) is 1.09. The van der Waals surface area contributed by atoms with Gasteiger partial charge in [-0.05, 0) is 38.9 Å². The molecule has 1 aliphatic rings. The molecular weight excluding hydrogens is 314 g/mol. The fraction of sp³-hybridized carbons (Fsp3) is 0.600. The van der Waals surface area contributed by atoms with Crippen LogP contribution in [0.25, 0.3) is 0 Å². The molecule has 2 rings (SSSR count). The Hall–Kier alpha value is -1.88. The molecule has 1 saturated heterocycles. The lowest BCUT2D eigenvalue weighted by Gasteiger charge is -2.37. The Kier molecular flexibility index (Phi) is 7.44. The molecule has 0 unspecified atom stereocenters. The van der Waals surface area contributed by atoms with Crippen molar-refractivity contribution in [1.29, 1.82) is 0 Å². The van der Waals surface area contributed by atoms with E-state index in [4.69, 9.17) is 0 Å². The molecule has 2 amide bonds. The van der Waals surface area contributed by atoms with Gasteiger partial charge in [-0.3, -0.25) is 9.59 Å². The van der Waals surface area contributed by atoms with Gasteiger partial charge in [-0.25, -0.2) is 0 Å². The summed E-state index contributed by atoms with van der Waals surface area (Å²) in [5.74, 6) is 0.186. The van der Waals surface area contributed by atoms with E-state index in [1.165, 1.54) is 6.42 Å². The highest BCUT2D eigenvalue weighted by molar-refractivity contribution is 5.78. The van der Waals surface area contributed by atoms with Crippen LogP contribution in [0.15, 0.2) is 30.3 Å². The summed E-state index contributed by atoms with van der Waals surface area (Å²) in [5, 5.41) is 0. The minimum Gasteiger partial charge on any atom is -0.338 e. The molecule has 25 heavy (non-hydrogen) atoms. The molecule has 1 aromatic carbocycles. The monoisotopic (exact) mass is 345 g/mol. The molecule has 138 valence electrons. The van der Waals surface area contributed by atoms with Crippen molar-refractivity contribution in [2.75, 3.05) is 33.7 Å². The van der Waals surface area contributed by atoms with Crippen LogP contribution in [0.5, 0.6) is 0 Å². The first-order valence-corrected chi connectivity index (χ1v) is 9.21. The Morgan fingerprint density at radius 3 is 2.52 bits per heavy atom. The van der Waals surface area contributed by atoms with E-state index in [1.807, 2.05) is 35.2 Å². The predicted molar refractivity (Wildman–Crippen MR) is 100 cm³/mol. The van der Waals surface area contributed by atoms with E-state index in [1.54, 1.807) is 11.8 Å². The van der Waals surface area contributed by atoms with E-state index in [-0.39, 0.29) is 11.8 Å². The van der Waals surface area contributed by atoms with Gasteiger partial charge < -0.3 is 14.7 Å². The largest absolute Gasteiger partial charge is 0.338 e. The van der Waals surface area contributed by atoms with E-state index in [9.17, 15) is 9.59 Å². The lowest BCUT2D eigenvalue weighted by molar-refractivity contribution is -0.136. The van der Waals surface area contributed by atoms with Gasteiger partial charge in [0.05, 0.1) is 0 Å². The van der Waals surface area contributed by atoms with Crippen LogP contribution in [-0.2, 0) is 16.1 Å². The molecule has 0 bridgehead atoms. The molecule has 0 N–H and O–H groups in total. The Morgan fingerprint density at radius 2 is 1.88 bits per heavy atom. The second kappa shape index (κ2) is 9.56. The summed E-state index contributed by atoms with van der Waals surface area (Å²) in [6.07, 6.45) is 3.74. The molecule has 0 spiro atoms. The second-order valence-corrected chi connectivity index (χ2v) is 7.18. The maximum absolute atomic E-state index is 12.7. The lowest BCUT2D eigenvalue weighted by atomic mass is 10.0. The number of hydrogen-bond donors (Lipinski definition) is 0. The fourth-order valence-corrected chi connectivity index (χ4v) is 3.47. The van der Waals surface area contributed by atoms with Crippen LogP contribution >= 0.6 is 0 Å². The Morgan fingerprint density at radius 1 is 1.16 bits per heavy atom. The van der Waals surface area contributed by atoms with Gasteiger partial charge in [-0.1, -0.05) is 30.3 Å². The summed E-state index contributed by atoms with van der Waals surface area (Å²) in [6.45, 7) is 4.37.